The zero-order valence-electron chi connectivity index (χ0n) is 11.3. The highest BCUT2D eigenvalue weighted by molar-refractivity contribution is 5.78. The molecule has 0 bridgehead atoms. The molecule has 0 fully saturated rings. The molecular weight excluding hydrogens is 202 g/mol. The smallest absolute Gasteiger partial charge is 0.224 e. The number of rotatable bonds is 8. The number of hydrogen-bond acceptors (Lipinski definition) is 3. The topological polar surface area (TPSA) is 44.4 Å². The SMILES string of the molecule is CNCC(C)C(=O)NCCCN(C)C(C)C. The lowest BCUT2D eigenvalue weighted by atomic mass is 10.1. The van der Waals surface area contributed by atoms with Gasteiger partial charge >= 0.3 is 0 Å². The van der Waals surface area contributed by atoms with Crippen LogP contribution in [0.5, 0.6) is 0 Å². The van der Waals surface area contributed by atoms with Gasteiger partial charge in [0.1, 0.15) is 0 Å². The van der Waals surface area contributed by atoms with E-state index in [9.17, 15) is 4.79 Å². The fraction of sp³-hybridized carbons (Fsp3) is 0.917. The zero-order chi connectivity index (χ0) is 12.6. The summed E-state index contributed by atoms with van der Waals surface area (Å²) in [6.07, 6.45) is 1.01. The van der Waals surface area contributed by atoms with Crippen LogP contribution in [0.3, 0.4) is 0 Å². The summed E-state index contributed by atoms with van der Waals surface area (Å²) in [7, 11) is 3.97. The number of amides is 1. The highest BCUT2D eigenvalue weighted by Gasteiger charge is 2.10. The van der Waals surface area contributed by atoms with Crippen molar-refractivity contribution in [3.05, 3.63) is 0 Å². The first-order chi connectivity index (χ1) is 7.49. The molecule has 0 aliphatic rings. The molecule has 1 unspecified atom stereocenters. The molecule has 2 N–H and O–H groups in total. The Hall–Kier alpha value is -0.610. The van der Waals surface area contributed by atoms with E-state index < -0.39 is 0 Å². The fourth-order valence-corrected chi connectivity index (χ4v) is 1.37. The molecule has 1 atom stereocenters. The number of carbonyl (C=O) groups excluding carboxylic acids is 1. The molecule has 4 heteroatoms. The van der Waals surface area contributed by atoms with E-state index in [2.05, 4.69) is 36.4 Å². The molecule has 0 saturated carbocycles. The third-order valence-electron chi connectivity index (χ3n) is 2.83. The monoisotopic (exact) mass is 229 g/mol. The van der Waals surface area contributed by atoms with Gasteiger partial charge in [0.25, 0.3) is 0 Å². The maximum absolute atomic E-state index is 11.5. The lowest BCUT2D eigenvalue weighted by Gasteiger charge is -2.21. The molecule has 16 heavy (non-hydrogen) atoms. The summed E-state index contributed by atoms with van der Waals surface area (Å²) < 4.78 is 0. The largest absolute Gasteiger partial charge is 0.356 e. The summed E-state index contributed by atoms with van der Waals surface area (Å²) in [5.74, 6) is 0.189. The minimum absolute atomic E-state index is 0.0489. The van der Waals surface area contributed by atoms with E-state index in [1.54, 1.807) is 0 Å². The van der Waals surface area contributed by atoms with Crippen LogP contribution in [0.25, 0.3) is 0 Å². The van der Waals surface area contributed by atoms with Gasteiger partial charge in [-0.15, -0.1) is 0 Å². The van der Waals surface area contributed by atoms with Crippen LogP contribution in [-0.4, -0.2) is 50.6 Å². The van der Waals surface area contributed by atoms with Crippen molar-refractivity contribution in [2.45, 2.75) is 33.2 Å². The molecule has 0 heterocycles. The van der Waals surface area contributed by atoms with Crippen molar-refractivity contribution < 1.29 is 4.79 Å². The minimum Gasteiger partial charge on any atom is -0.356 e. The molecule has 0 spiro atoms. The van der Waals surface area contributed by atoms with E-state index in [0.717, 1.165) is 26.1 Å². The fourth-order valence-electron chi connectivity index (χ4n) is 1.37. The number of carbonyl (C=O) groups is 1. The van der Waals surface area contributed by atoms with Crippen molar-refractivity contribution in [3.8, 4) is 0 Å². The van der Waals surface area contributed by atoms with Crippen molar-refractivity contribution in [1.82, 2.24) is 15.5 Å². The van der Waals surface area contributed by atoms with Crippen molar-refractivity contribution >= 4 is 5.91 Å². The zero-order valence-corrected chi connectivity index (χ0v) is 11.3. The second-order valence-corrected chi connectivity index (χ2v) is 4.68. The van der Waals surface area contributed by atoms with Crippen molar-refractivity contribution in [1.29, 1.82) is 0 Å². The summed E-state index contributed by atoms with van der Waals surface area (Å²) in [5.41, 5.74) is 0. The van der Waals surface area contributed by atoms with Crippen LogP contribution in [0.15, 0.2) is 0 Å². The predicted octanol–water partition coefficient (Wildman–Crippen LogP) is 0.688. The van der Waals surface area contributed by atoms with E-state index in [-0.39, 0.29) is 11.8 Å². The van der Waals surface area contributed by atoms with E-state index >= 15 is 0 Å². The normalized spacial score (nSPS) is 13.2. The van der Waals surface area contributed by atoms with Crippen LogP contribution in [0.1, 0.15) is 27.2 Å². The Morgan fingerprint density at radius 2 is 1.94 bits per heavy atom. The number of nitrogens with one attached hydrogen (secondary N) is 2. The molecule has 0 aromatic rings. The van der Waals surface area contributed by atoms with Gasteiger partial charge in [-0.25, -0.2) is 0 Å². The maximum atomic E-state index is 11.5. The van der Waals surface area contributed by atoms with Crippen LogP contribution in [0, 0.1) is 5.92 Å². The summed E-state index contributed by atoms with van der Waals surface area (Å²) in [6.45, 7) is 8.81. The Balaban J connectivity index is 3.55. The molecule has 0 aromatic heterocycles. The summed E-state index contributed by atoms with van der Waals surface area (Å²) in [5, 5.41) is 5.96. The molecule has 0 rings (SSSR count). The molecule has 0 aromatic carbocycles. The molecule has 96 valence electrons. The number of nitrogens with zero attached hydrogens (tertiary/aromatic N) is 1. The van der Waals surface area contributed by atoms with Gasteiger partial charge < -0.3 is 15.5 Å². The standard InChI is InChI=1S/C12H27N3O/c1-10(2)15(5)8-6-7-14-12(16)11(3)9-13-4/h10-11,13H,6-9H2,1-5H3,(H,14,16). The lowest BCUT2D eigenvalue weighted by Crippen LogP contribution is -2.36. The van der Waals surface area contributed by atoms with Gasteiger partial charge in [-0.05, 0) is 40.9 Å². The number of hydrogen-bond donors (Lipinski definition) is 2. The molecule has 0 radical (unpaired) electrons. The minimum atomic E-state index is 0.0489. The van der Waals surface area contributed by atoms with Crippen LogP contribution >= 0.6 is 0 Å². The first-order valence-electron chi connectivity index (χ1n) is 6.11. The van der Waals surface area contributed by atoms with Crippen molar-refractivity contribution in [2.75, 3.05) is 33.7 Å². The quantitative estimate of drug-likeness (QED) is 0.602. The molecule has 0 saturated heterocycles. The van der Waals surface area contributed by atoms with Gasteiger partial charge in [0, 0.05) is 25.0 Å². The Morgan fingerprint density at radius 1 is 1.31 bits per heavy atom. The van der Waals surface area contributed by atoms with Gasteiger partial charge in [0.15, 0.2) is 0 Å². The van der Waals surface area contributed by atoms with E-state index in [1.165, 1.54) is 0 Å². The summed E-state index contributed by atoms with van der Waals surface area (Å²) in [4.78, 5) is 13.8. The van der Waals surface area contributed by atoms with Gasteiger partial charge in [0.05, 0.1) is 0 Å². The third-order valence-corrected chi connectivity index (χ3v) is 2.83. The van der Waals surface area contributed by atoms with Gasteiger partial charge in [-0.2, -0.15) is 0 Å². The second kappa shape index (κ2) is 8.53. The molecule has 0 aliphatic carbocycles. The highest BCUT2D eigenvalue weighted by Crippen LogP contribution is 1.95. The van der Waals surface area contributed by atoms with Gasteiger partial charge in [0.2, 0.25) is 5.91 Å². The summed E-state index contributed by atoms with van der Waals surface area (Å²) in [6, 6.07) is 0.568. The van der Waals surface area contributed by atoms with Crippen molar-refractivity contribution in [2.24, 2.45) is 5.92 Å². The van der Waals surface area contributed by atoms with Crippen LogP contribution in [-0.2, 0) is 4.79 Å². The Kier molecular flexibility index (Phi) is 8.21. The van der Waals surface area contributed by atoms with Crippen LogP contribution in [0.2, 0.25) is 0 Å². The first kappa shape index (κ1) is 15.4. The summed E-state index contributed by atoms with van der Waals surface area (Å²) >= 11 is 0. The average molecular weight is 229 g/mol. The Bertz CT molecular complexity index is 195. The van der Waals surface area contributed by atoms with E-state index in [4.69, 9.17) is 0 Å². The van der Waals surface area contributed by atoms with E-state index in [0.29, 0.717) is 6.04 Å². The predicted molar refractivity (Wildman–Crippen MR) is 68.5 cm³/mol. The Morgan fingerprint density at radius 3 is 2.44 bits per heavy atom. The second-order valence-electron chi connectivity index (χ2n) is 4.68. The van der Waals surface area contributed by atoms with Gasteiger partial charge in [-0.1, -0.05) is 6.92 Å². The first-order valence-corrected chi connectivity index (χ1v) is 6.11. The third kappa shape index (κ3) is 6.80. The molecule has 1 amide bonds. The van der Waals surface area contributed by atoms with Crippen molar-refractivity contribution in [3.63, 3.8) is 0 Å². The molecule has 0 aliphatic heterocycles. The van der Waals surface area contributed by atoms with Crippen LogP contribution in [0.4, 0.5) is 0 Å². The lowest BCUT2D eigenvalue weighted by molar-refractivity contribution is -0.124. The van der Waals surface area contributed by atoms with Gasteiger partial charge in [-0.3, -0.25) is 4.79 Å². The average Bonchev–Trinajstić information content (AvgIpc) is 2.23. The Labute approximate surface area is 99.8 Å². The van der Waals surface area contributed by atoms with E-state index in [1.807, 2.05) is 14.0 Å². The maximum Gasteiger partial charge on any atom is 0.224 e. The highest BCUT2D eigenvalue weighted by atomic mass is 16.1. The van der Waals surface area contributed by atoms with Crippen LogP contribution < -0.4 is 10.6 Å². The molecule has 4 nitrogen and oxygen atoms in total. The molecular formula is C12H27N3O.